The Labute approximate surface area is 70.6 Å². The normalized spacial score (nSPS) is 9.55. The van der Waals surface area contributed by atoms with Crippen LogP contribution in [0.15, 0.2) is 31.0 Å². The van der Waals surface area contributed by atoms with E-state index in [-0.39, 0.29) is 0 Å². The topological polar surface area (TPSA) is 17.8 Å². The molecule has 0 aromatic carbocycles. The van der Waals surface area contributed by atoms with Gasteiger partial charge in [0.05, 0.1) is 6.20 Å². The van der Waals surface area contributed by atoms with E-state index in [1.54, 1.807) is 16.3 Å². The zero-order chi connectivity index (χ0) is 8.27. The number of hydrogen-bond acceptors (Lipinski definition) is 2. The fraction of sp³-hybridized carbons (Fsp3) is 0.125. The summed E-state index contributed by atoms with van der Waals surface area (Å²) in [6, 6.07) is 0. The molecule has 1 aromatic heterocycles. The highest BCUT2D eigenvalue weighted by atomic mass is 32.2. The van der Waals surface area contributed by atoms with Crippen LogP contribution in [0.3, 0.4) is 0 Å². The fourth-order valence-electron chi connectivity index (χ4n) is 0.734. The minimum absolute atomic E-state index is 0.980. The Morgan fingerprint density at radius 2 is 2.55 bits per heavy atom. The zero-order valence-corrected chi connectivity index (χ0v) is 7.27. The maximum atomic E-state index is 4.03. The quantitative estimate of drug-likeness (QED) is 0.685. The molecule has 0 N–H and O–H groups in total. The van der Waals surface area contributed by atoms with Gasteiger partial charge >= 0.3 is 0 Å². The average Bonchev–Trinajstić information content (AvgIpc) is 2.36. The molecule has 0 aliphatic heterocycles. The van der Waals surface area contributed by atoms with E-state index in [0.717, 1.165) is 10.5 Å². The van der Waals surface area contributed by atoms with Gasteiger partial charge in [-0.15, -0.1) is 0 Å². The monoisotopic (exact) mass is 166 g/mol. The molecular formula is C8H10N2S. The second-order valence-corrected chi connectivity index (χ2v) is 3.17. The summed E-state index contributed by atoms with van der Waals surface area (Å²) in [5.74, 6) is 0. The van der Waals surface area contributed by atoms with Gasteiger partial charge in [-0.05, 0) is 5.41 Å². The van der Waals surface area contributed by atoms with Crippen LogP contribution in [-0.2, 0) is 7.05 Å². The third-order valence-corrected chi connectivity index (χ3v) is 1.94. The van der Waals surface area contributed by atoms with Gasteiger partial charge in [-0.25, -0.2) is 0 Å². The summed E-state index contributed by atoms with van der Waals surface area (Å²) >= 11 is 1.51. The van der Waals surface area contributed by atoms with Crippen molar-refractivity contribution in [3.63, 3.8) is 0 Å². The third kappa shape index (κ3) is 1.98. The smallest absolute Gasteiger partial charge is 0.0573 e. The highest BCUT2D eigenvalue weighted by Gasteiger charge is 1.98. The van der Waals surface area contributed by atoms with Crippen molar-refractivity contribution < 1.29 is 0 Å². The number of aromatic nitrogens is 2. The molecule has 0 aliphatic carbocycles. The van der Waals surface area contributed by atoms with Gasteiger partial charge in [-0.3, -0.25) is 4.68 Å². The van der Waals surface area contributed by atoms with Crippen molar-refractivity contribution in [1.29, 1.82) is 0 Å². The van der Waals surface area contributed by atoms with Crippen molar-refractivity contribution in [2.75, 3.05) is 0 Å². The summed E-state index contributed by atoms with van der Waals surface area (Å²) in [5.41, 5.74) is 1.05. The standard InChI is InChI=1S/C8H10N2S/c1-4-11-7(2)8-5-9-10(3)6-8/h4-6H,1-2H2,3H3. The Balaban J connectivity index is 2.76. The van der Waals surface area contributed by atoms with Crippen LogP contribution in [-0.4, -0.2) is 9.78 Å². The largest absolute Gasteiger partial charge is 0.275 e. The molecule has 0 spiro atoms. The van der Waals surface area contributed by atoms with Crippen LogP contribution < -0.4 is 0 Å². The summed E-state index contributed by atoms with van der Waals surface area (Å²) in [6.45, 7) is 7.47. The highest BCUT2D eigenvalue weighted by molar-refractivity contribution is 8.10. The highest BCUT2D eigenvalue weighted by Crippen LogP contribution is 2.24. The second-order valence-electron chi connectivity index (χ2n) is 2.11. The summed E-state index contributed by atoms with van der Waals surface area (Å²) in [6.07, 6.45) is 3.72. The van der Waals surface area contributed by atoms with Gasteiger partial charge in [0.1, 0.15) is 0 Å². The fourth-order valence-corrected chi connectivity index (χ4v) is 1.18. The summed E-state index contributed by atoms with van der Waals surface area (Å²) in [5, 5.41) is 5.79. The number of thioether (sulfide) groups is 1. The lowest BCUT2D eigenvalue weighted by Gasteiger charge is -1.94. The van der Waals surface area contributed by atoms with E-state index in [4.69, 9.17) is 0 Å². The van der Waals surface area contributed by atoms with Crippen LogP contribution in [0.2, 0.25) is 0 Å². The van der Waals surface area contributed by atoms with Crippen molar-refractivity contribution in [1.82, 2.24) is 9.78 Å². The molecule has 1 aromatic rings. The SMILES string of the molecule is C=CSC(=C)c1cnn(C)c1. The van der Waals surface area contributed by atoms with Crippen LogP contribution >= 0.6 is 11.8 Å². The first-order valence-corrected chi connectivity index (χ1v) is 4.07. The van der Waals surface area contributed by atoms with Crippen LogP contribution in [0.4, 0.5) is 0 Å². The Bertz CT molecular complexity index is 275. The molecular weight excluding hydrogens is 156 g/mol. The molecule has 0 aliphatic rings. The summed E-state index contributed by atoms with van der Waals surface area (Å²) in [4.78, 5) is 0.980. The molecule has 1 rings (SSSR count). The van der Waals surface area contributed by atoms with Crippen LogP contribution in [0.1, 0.15) is 5.56 Å². The average molecular weight is 166 g/mol. The van der Waals surface area contributed by atoms with Crippen LogP contribution in [0.25, 0.3) is 4.91 Å². The van der Waals surface area contributed by atoms with E-state index >= 15 is 0 Å². The maximum absolute atomic E-state index is 4.03. The molecule has 0 saturated heterocycles. The molecule has 0 atom stereocenters. The number of aryl methyl sites for hydroxylation is 1. The molecule has 3 heteroatoms. The van der Waals surface area contributed by atoms with Gasteiger partial charge in [0, 0.05) is 23.7 Å². The lowest BCUT2D eigenvalue weighted by Crippen LogP contribution is -1.84. The van der Waals surface area contributed by atoms with Crippen LogP contribution in [0, 0.1) is 0 Å². The molecule has 0 fully saturated rings. The van der Waals surface area contributed by atoms with E-state index < -0.39 is 0 Å². The number of hydrogen-bond donors (Lipinski definition) is 0. The van der Waals surface area contributed by atoms with Gasteiger partial charge in [0.2, 0.25) is 0 Å². The molecule has 0 bridgehead atoms. The Kier molecular flexibility index (Phi) is 2.54. The summed E-state index contributed by atoms with van der Waals surface area (Å²) in [7, 11) is 1.88. The van der Waals surface area contributed by atoms with Gasteiger partial charge in [-0.2, -0.15) is 5.10 Å². The molecule has 0 amide bonds. The van der Waals surface area contributed by atoms with E-state index in [2.05, 4.69) is 18.3 Å². The molecule has 1 heterocycles. The van der Waals surface area contributed by atoms with E-state index in [1.807, 2.05) is 13.2 Å². The molecule has 58 valence electrons. The number of nitrogens with zero attached hydrogens (tertiary/aromatic N) is 2. The Morgan fingerprint density at radius 3 is 3.00 bits per heavy atom. The van der Waals surface area contributed by atoms with Crippen molar-refractivity contribution in [3.05, 3.63) is 36.5 Å². The molecule has 11 heavy (non-hydrogen) atoms. The molecule has 0 radical (unpaired) electrons. The van der Waals surface area contributed by atoms with Gasteiger partial charge in [0.25, 0.3) is 0 Å². The minimum Gasteiger partial charge on any atom is -0.275 e. The van der Waals surface area contributed by atoms with E-state index in [1.165, 1.54) is 11.8 Å². The number of rotatable bonds is 3. The van der Waals surface area contributed by atoms with Crippen LogP contribution in [0.5, 0.6) is 0 Å². The molecule has 2 nitrogen and oxygen atoms in total. The first-order valence-electron chi connectivity index (χ1n) is 3.19. The third-order valence-electron chi connectivity index (χ3n) is 1.25. The molecule has 0 saturated carbocycles. The second kappa shape index (κ2) is 3.44. The Hall–Kier alpha value is -0.960. The lowest BCUT2D eigenvalue weighted by molar-refractivity contribution is 0.767. The van der Waals surface area contributed by atoms with Crippen molar-refractivity contribution in [2.24, 2.45) is 7.05 Å². The van der Waals surface area contributed by atoms with Gasteiger partial charge in [-0.1, -0.05) is 24.9 Å². The van der Waals surface area contributed by atoms with Crippen molar-refractivity contribution >= 4 is 16.7 Å². The lowest BCUT2D eigenvalue weighted by atomic mass is 10.4. The van der Waals surface area contributed by atoms with E-state index in [9.17, 15) is 0 Å². The van der Waals surface area contributed by atoms with Gasteiger partial charge in [0.15, 0.2) is 0 Å². The van der Waals surface area contributed by atoms with Gasteiger partial charge < -0.3 is 0 Å². The predicted molar refractivity (Wildman–Crippen MR) is 50.0 cm³/mol. The van der Waals surface area contributed by atoms with Crippen molar-refractivity contribution in [2.45, 2.75) is 0 Å². The van der Waals surface area contributed by atoms with E-state index in [0.29, 0.717) is 0 Å². The molecule has 0 unspecified atom stereocenters. The Morgan fingerprint density at radius 1 is 1.82 bits per heavy atom. The first-order chi connectivity index (χ1) is 5.24. The zero-order valence-electron chi connectivity index (χ0n) is 6.45. The minimum atomic E-state index is 0.980. The first kappa shape index (κ1) is 8.14. The van der Waals surface area contributed by atoms with Crippen molar-refractivity contribution in [3.8, 4) is 0 Å². The maximum Gasteiger partial charge on any atom is 0.0573 e. The summed E-state index contributed by atoms with van der Waals surface area (Å²) < 4.78 is 1.75. The predicted octanol–water partition coefficient (Wildman–Crippen LogP) is 2.27.